The molecule has 1 N–H and O–H groups in total. The highest BCUT2D eigenvalue weighted by molar-refractivity contribution is 5.80. The van der Waals surface area contributed by atoms with E-state index in [4.69, 9.17) is 4.74 Å². The van der Waals surface area contributed by atoms with E-state index >= 15 is 0 Å². The Morgan fingerprint density at radius 1 is 1.04 bits per heavy atom. The van der Waals surface area contributed by atoms with Crippen LogP contribution in [0.2, 0.25) is 0 Å². The molecule has 8 heteroatoms. The number of amides is 1. The molecule has 0 heterocycles. The Hall–Kier alpha value is -2.77. The summed E-state index contributed by atoms with van der Waals surface area (Å²) >= 11 is 0. The van der Waals surface area contributed by atoms with Crippen LogP contribution in [0, 0.1) is 5.82 Å². The minimum atomic E-state index is -4.75. The maximum Gasteiger partial charge on any atom is 0.573 e. The molecule has 134 valence electrons. The lowest BCUT2D eigenvalue weighted by Crippen LogP contribution is -2.35. The van der Waals surface area contributed by atoms with E-state index < -0.39 is 24.2 Å². The van der Waals surface area contributed by atoms with Crippen molar-refractivity contribution in [2.24, 2.45) is 0 Å². The molecule has 0 bridgehead atoms. The van der Waals surface area contributed by atoms with Crippen molar-refractivity contribution in [2.75, 3.05) is 0 Å². The second-order valence-electron chi connectivity index (χ2n) is 5.12. The number of benzene rings is 2. The van der Waals surface area contributed by atoms with Crippen LogP contribution in [-0.2, 0) is 11.3 Å². The second kappa shape index (κ2) is 7.87. The molecule has 2 rings (SSSR count). The molecule has 0 aromatic heterocycles. The predicted octanol–water partition coefficient (Wildman–Crippen LogP) is 3.81. The molecule has 0 spiro atoms. The SMILES string of the molecule is CC(Oc1ccc(F)cc1)C(=O)NCc1ccc(OC(F)(F)F)cc1. The summed E-state index contributed by atoms with van der Waals surface area (Å²) in [5.41, 5.74) is 0.594. The minimum absolute atomic E-state index is 0.113. The molecule has 2 aromatic rings. The van der Waals surface area contributed by atoms with Gasteiger partial charge >= 0.3 is 6.36 Å². The van der Waals surface area contributed by atoms with Crippen molar-refractivity contribution in [3.05, 3.63) is 59.9 Å². The average molecular weight is 357 g/mol. The molecular formula is C17H15F4NO3. The third-order valence-corrected chi connectivity index (χ3v) is 3.12. The quantitative estimate of drug-likeness (QED) is 0.800. The van der Waals surface area contributed by atoms with Crippen LogP contribution >= 0.6 is 0 Å². The van der Waals surface area contributed by atoms with Crippen molar-refractivity contribution in [2.45, 2.75) is 25.9 Å². The number of ether oxygens (including phenoxy) is 2. The smallest absolute Gasteiger partial charge is 0.481 e. The summed E-state index contributed by atoms with van der Waals surface area (Å²) in [6, 6.07) is 10.4. The molecule has 1 atom stereocenters. The molecule has 0 aliphatic carbocycles. The first-order chi connectivity index (χ1) is 11.7. The third kappa shape index (κ3) is 6.33. The summed E-state index contributed by atoms with van der Waals surface area (Å²) in [5.74, 6) is -0.823. The highest BCUT2D eigenvalue weighted by atomic mass is 19.4. The highest BCUT2D eigenvalue weighted by Crippen LogP contribution is 2.22. The van der Waals surface area contributed by atoms with Gasteiger partial charge in [0.1, 0.15) is 17.3 Å². The Kier molecular flexibility index (Phi) is 5.84. The van der Waals surface area contributed by atoms with Gasteiger partial charge in [-0.15, -0.1) is 13.2 Å². The van der Waals surface area contributed by atoms with E-state index in [0.717, 1.165) is 12.1 Å². The van der Waals surface area contributed by atoms with Gasteiger partial charge in [-0.25, -0.2) is 4.39 Å². The van der Waals surface area contributed by atoms with Crippen LogP contribution in [0.4, 0.5) is 17.6 Å². The van der Waals surface area contributed by atoms with Gasteiger partial charge in [0.05, 0.1) is 0 Å². The summed E-state index contributed by atoms with van der Waals surface area (Å²) in [7, 11) is 0. The minimum Gasteiger partial charge on any atom is -0.481 e. The van der Waals surface area contributed by atoms with Crippen LogP contribution in [0.15, 0.2) is 48.5 Å². The van der Waals surface area contributed by atoms with Gasteiger partial charge < -0.3 is 14.8 Å². The Morgan fingerprint density at radius 2 is 1.60 bits per heavy atom. The zero-order valence-electron chi connectivity index (χ0n) is 13.1. The number of hydrogen-bond donors (Lipinski definition) is 1. The number of halogens is 4. The van der Waals surface area contributed by atoms with Crippen molar-refractivity contribution in [3.63, 3.8) is 0 Å². The van der Waals surface area contributed by atoms with E-state index in [-0.39, 0.29) is 12.3 Å². The van der Waals surface area contributed by atoms with E-state index in [2.05, 4.69) is 10.1 Å². The molecule has 2 aromatic carbocycles. The summed E-state index contributed by atoms with van der Waals surface area (Å²) in [5, 5.41) is 2.60. The molecule has 0 saturated carbocycles. The van der Waals surface area contributed by atoms with Gasteiger partial charge in [-0.3, -0.25) is 4.79 Å². The van der Waals surface area contributed by atoms with Gasteiger partial charge in [0.2, 0.25) is 0 Å². The van der Waals surface area contributed by atoms with Crippen molar-refractivity contribution in [1.82, 2.24) is 5.32 Å². The molecule has 1 amide bonds. The van der Waals surface area contributed by atoms with Gasteiger partial charge in [0.15, 0.2) is 6.10 Å². The zero-order valence-corrected chi connectivity index (χ0v) is 13.1. The lowest BCUT2D eigenvalue weighted by molar-refractivity contribution is -0.274. The maximum absolute atomic E-state index is 12.8. The van der Waals surface area contributed by atoms with Crippen LogP contribution in [-0.4, -0.2) is 18.4 Å². The fraction of sp³-hybridized carbons (Fsp3) is 0.235. The van der Waals surface area contributed by atoms with E-state index in [1.54, 1.807) is 0 Å². The summed E-state index contributed by atoms with van der Waals surface area (Å²) in [6.45, 7) is 1.64. The second-order valence-corrected chi connectivity index (χ2v) is 5.12. The lowest BCUT2D eigenvalue weighted by Gasteiger charge is -2.15. The number of alkyl halides is 3. The van der Waals surface area contributed by atoms with Crippen LogP contribution in [0.5, 0.6) is 11.5 Å². The summed E-state index contributed by atoms with van der Waals surface area (Å²) in [4.78, 5) is 12.0. The standard InChI is InChI=1S/C17H15F4NO3/c1-11(24-14-8-4-13(18)5-9-14)16(23)22-10-12-2-6-15(7-3-12)25-17(19,20)21/h2-9,11H,10H2,1H3,(H,22,23). The normalized spacial score (nSPS) is 12.4. The van der Waals surface area contributed by atoms with E-state index in [9.17, 15) is 22.4 Å². The molecule has 0 fully saturated rings. The van der Waals surface area contributed by atoms with Gasteiger partial charge in [0, 0.05) is 6.54 Å². The fourth-order valence-corrected chi connectivity index (χ4v) is 1.91. The van der Waals surface area contributed by atoms with E-state index in [1.165, 1.54) is 43.3 Å². The molecule has 25 heavy (non-hydrogen) atoms. The number of nitrogens with one attached hydrogen (secondary N) is 1. The Balaban J connectivity index is 1.83. The van der Waals surface area contributed by atoms with Crippen LogP contribution in [0.25, 0.3) is 0 Å². The molecule has 0 radical (unpaired) electrons. The molecular weight excluding hydrogens is 342 g/mol. The first-order valence-corrected chi connectivity index (χ1v) is 7.27. The average Bonchev–Trinajstić information content (AvgIpc) is 2.54. The summed E-state index contributed by atoms with van der Waals surface area (Å²) < 4.78 is 58.2. The number of rotatable bonds is 6. The molecule has 1 unspecified atom stereocenters. The predicted molar refractivity (Wildman–Crippen MR) is 81.5 cm³/mol. The van der Waals surface area contributed by atoms with Crippen LogP contribution < -0.4 is 14.8 Å². The zero-order chi connectivity index (χ0) is 18.4. The number of carbonyl (C=O) groups is 1. The Bertz CT molecular complexity index is 699. The molecule has 0 saturated heterocycles. The monoisotopic (exact) mass is 357 g/mol. The topological polar surface area (TPSA) is 47.6 Å². The van der Waals surface area contributed by atoms with Crippen molar-refractivity contribution in [1.29, 1.82) is 0 Å². The van der Waals surface area contributed by atoms with Crippen molar-refractivity contribution < 1.29 is 31.8 Å². The molecule has 0 aliphatic heterocycles. The van der Waals surface area contributed by atoms with Crippen LogP contribution in [0.1, 0.15) is 12.5 Å². The first-order valence-electron chi connectivity index (χ1n) is 7.27. The number of carbonyl (C=O) groups excluding carboxylic acids is 1. The lowest BCUT2D eigenvalue weighted by atomic mass is 10.2. The Labute approximate surface area is 141 Å². The van der Waals surface area contributed by atoms with Gasteiger partial charge in [-0.2, -0.15) is 0 Å². The number of hydrogen-bond acceptors (Lipinski definition) is 3. The summed E-state index contributed by atoms with van der Waals surface area (Å²) in [6.07, 6.45) is -5.57. The largest absolute Gasteiger partial charge is 0.573 e. The molecule has 4 nitrogen and oxygen atoms in total. The van der Waals surface area contributed by atoms with Crippen LogP contribution in [0.3, 0.4) is 0 Å². The first kappa shape index (κ1) is 18.6. The third-order valence-electron chi connectivity index (χ3n) is 3.12. The van der Waals surface area contributed by atoms with Crippen molar-refractivity contribution in [3.8, 4) is 11.5 Å². The van der Waals surface area contributed by atoms with Gasteiger partial charge in [0.25, 0.3) is 5.91 Å². The maximum atomic E-state index is 12.8. The fourth-order valence-electron chi connectivity index (χ4n) is 1.91. The van der Waals surface area contributed by atoms with E-state index in [1.807, 2.05) is 0 Å². The molecule has 0 aliphatic rings. The van der Waals surface area contributed by atoms with Crippen molar-refractivity contribution >= 4 is 5.91 Å². The Morgan fingerprint density at radius 3 is 2.16 bits per heavy atom. The van der Waals surface area contributed by atoms with Gasteiger partial charge in [-0.05, 0) is 48.9 Å². The van der Waals surface area contributed by atoms with E-state index in [0.29, 0.717) is 11.3 Å². The van der Waals surface area contributed by atoms with Gasteiger partial charge in [-0.1, -0.05) is 12.1 Å². The highest BCUT2D eigenvalue weighted by Gasteiger charge is 2.30.